The largest absolute Gasteiger partial charge is 0.339 e. The molecule has 0 saturated carbocycles. The molecule has 1 aromatic carbocycles. The van der Waals surface area contributed by atoms with Gasteiger partial charge in [-0.05, 0) is 23.6 Å². The van der Waals surface area contributed by atoms with Crippen LogP contribution in [-0.4, -0.2) is 10.1 Å². The molecule has 0 fully saturated rings. The molecule has 0 aliphatic heterocycles. The summed E-state index contributed by atoms with van der Waals surface area (Å²) in [5.74, 6) is 1.40. The van der Waals surface area contributed by atoms with Crippen molar-refractivity contribution in [1.82, 2.24) is 10.1 Å². The molecule has 2 rings (SSSR count). The monoisotopic (exact) mass is 265 g/mol. The van der Waals surface area contributed by atoms with Gasteiger partial charge in [-0.15, -0.1) is 0 Å². The standard InChI is InChI=1S/C13H16ClN3O/c1-8(2)12(15)13-16-11(18-17-13)7-9-4-3-5-10(14)6-9/h3-6,8,12H,7,15H2,1-2H3. The van der Waals surface area contributed by atoms with Gasteiger partial charge in [0.25, 0.3) is 0 Å². The molecule has 2 N–H and O–H groups in total. The van der Waals surface area contributed by atoms with E-state index < -0.39 is 0 Å². The maximum atomic E-state index is 5.96. The quantitative estimate of drug-likeness (QED) is 0.923. The normalized spacial score (nSPS) is 12.9. The van der Waals surface area contributed by atoms with Gasteiger partial charge < -0.3 is 10.3 Å². The van der Waals surface area contributed by atoms with Crippen molar-refractivity contribution in [3.63, 3.8) is 0 Å². The van der Waals surface area contributed by atoms with Crippen LogP contribution in [0.2, 0.25) is 5.02 Å². The smallest absolute Gasteiger partial charge is 0.231 e. The van der Waals surface area contributed by atoms with E-state index in [4.69, 9.17) is 21.9 Å². The zero-order valence-electron chi connectivity index (χ0n) is 10.4. The zero-order chi connectivity index (χ0) is 13.1. The lowest BCUT2D eigenvalue weighted by atomic mass is 10.1. The van der Waals surface area contributed by atoms with Gasteiger partial charge >= 0.3 is 0 Å². The number of rotatable bonds is 4. The van der Waals surface area contributed by atoms with Crippen LogP contribution in [0.25, 0.3) is 0 Å². The summed E-state index contributed by atoms with van der Waals surface area (Å²) in [6, 6.07) is 7.39. The number of hydrogen-bond acceptors (Lipinski definition) is 4. The van der Waals surface area contributed by atoms with Crippen molar-refractivity contribution in [1.29, 1.82) is 0 Å². The van der Waals surface area contributed by atoms with Gasteiger partial charge in [0, 0.05) is 5.02 Å². The Morgan fingerprint density at radius 1 is 1.39 bits per heavy atom. The van der Waals surface area contributed by atoms with Crippen LogP contribution in [0.3, 0.4) is 0 Å². The molecule has 4 nitrogen and oxygen atoms in total. The van der Waals surface area contributed by atoms with Crippen molar-refractivity contribution < 1.29 is 4.52 Å². The van der Waals surface area contributed by atoms with Crippen molar-refractivity contribution in [3.05, 3.63) is 46.6 Å². The lowest BCUT2D eigenvalue weighted by Gasteiger charge is -2.09. The minimum absolute atomic E-state index is 0.193. The summed E-state index contributed by atoms with van der Waals surface area (Å²) in [7, 11) is 0. The summed E-state index contributed by atoms with van der Waals surface area (Å²) < 4.78 is 5.20. The van der Waals surface area contributed by atoms with E-state index in [9.17, 15) is 0 Å². The third-order valence-corrected chi connectivity index (χ3v) is 2.98. The first-order valence-electron chi connectivity index (χ1n) is 5.89. The number of hydrogen-bond donors (Lipinski definition) is 1. The van der Waals surface area contributed by atoms with Gasteiger partial charge in [0.05, 0.1) is 12.5 Å². The number of benzene rings is 1. The zero-order valence-corrected chi connectivity index (χ0v) is 11.2. The second-order valence-corrected chi connectivity index (χ2v) is 5.06. The lowest BCUT2D eigenvalue weighted by Crippen LogP contribution is -2.18. The molecule has 18 heavy (non-hydrogen) atoms. The van der Waals surface area contributed by atoms with Crippen LogP contribution >= 0.6 is 11.6 Å². The van der Waals surface area contributed by atoms with Gasteiger partial charge in [0.1, 0.15) is 0 Å². The number of aromatic nitrogens is 2. The van der Waals surface area contributed by atoms with Crippen molar-refractivity contribution in [2.24, 2.45) is 11.7 Å². The van der Waals surface area contributed by atoms with Crippen LogP contribution in [0.15, 0.2) is 28.8 Å². The van der Waals surface area contributed by atoms with E-state index in [2.05, 4.69) is 10.1 Å². The number of nitrogens with two attached hydrogens (primary N) is 1. The molecule has 96 valence electrons. The van der Waals surface area contributed by atoms with E-state index in [0.29, 0.717) is 23.2 Å². The van der Waals surface area contributed by atoms with Gasteiger partial charge in [-0.25, -0.2) is 0 Å². The van der Waals surface area contributed by atoms with Crippen LogP contribution in [0.4, 0.5) is 0 Å². The molecule has 1 heterocycles. The average Bonchev–Trinajstić information content (AvgIpc) is 2.76. The molecule has 0 amide bonds. The molecule has 0 bridgehead atoms. The minimum Gasteiger partial charge on any atom is -0.339 e. The van der Waals surface area contributed by atoms with E-state index in [1.54, 1.807) is 0 Å². The molecule has 0 spiro atoms. The van der Waals surface area contributed by atoms with Crippen molar-refractivity contribution in [2.45, 2.75) is 26.3 Å². The molecular formula is C13H16ClN3O. The van der Waals surface area contributed by atoms with Crippen LogP contribution in [0.1, 0.15) is 37.2 Å². The van der Waals surface area contributed by atoms with Crippen molar-refractivity contribution >= 4 is 11.6 Å². The third kappa shape index (κ3) is 3.09. The first-order valence-corrected chi connectivity index (χ1v) is 6.26. The predicted molar refractivity (Wildman–Crippen MR) is 70.3 cm³/mol. The first-order chi connectivity index (χ1) is 8.56. The van der Waals surface area contributed by atoms with E-state index in [1.165, 1.54) is 0 Å². The summed E-state index contributed by atoms with van der Waals surface area (Å²) in [6.45, 7) is 4.05. The highest BCUT2D eigenvalue weighted by atomic mass is 35.5. The highest BCUT2D eigenvalue weighted by Gasteiger charge is 2.17. The molecule has 1 aromatic heterocycles. The molecule has 0 saturated heterocycles. The molecular weight excluding hydrogens is 250 g/mol. The molecule has 0 aliphatic carbocycles. The van der Waals surface area contributed by atoms with E-state index in [1.807, 2.05) is 38.1 Å². The fourth-order valence-corrected chi connectivity index (χ4v) is 1.81. The fourth-order valence-electron chi connectivity index (χ4n) is 1.59. The number of nitrogens with zero attached hydrogens (tertiary/aromatic N) is 2. The number of halogens is 1. The maximum Gasteiger partial charge on any atom is 0.231 e. The van der Waals surface area contributed by atoms with E-state index in [-0.39, 0.29) is 12.0 Å². The Kier molecular flexibility index (Phi) is 3.99. The topological polar surface area (TPSA) is 64.9 Å². The van der Waals surface area contributed by atoms with E-state index >= 15 is 0 Å². The first kappa shape index (κ1) is 13.1. The maximum absolute atomic E-state index is 5.96. The minimum atomic E-state index is -0.193. The lowest BCUT2D eigenvalue weighted by molar-refractivity contribution is 0.368. The van der Waals surface area contributed by atoms with Gasteiger partial charge in [-0.1, -0.05) is 42.7 Å². The molecule has 0 aliphatic rings. The molecule has 2 aromatic rings. The highest BCUT2D eigenvalue weighted by Crippen LogP contribution is 2.18. The highest BCUT2D eigenvalue weighted by molar-refractivity contribution is 6.30. The van der Waals surface area contributed by atoms with Crippen LogP contribution < -0.4 is 5.73 Å². The summed E-state index contributed by atoms with van der Waals surface area (Å²) in [5, 5.41) is 4.61. The second-order valence-electron chi connectivity index (χ2n) is 4.62. The Morgan fingerprint density at radius 2 is 2.17 bits per heavy atom. The molecule has 0 radical (unpaired) electrons. The molecule has 1 unspecified atom stereocenters. The Balaban J connectivity index is 2.11. The van der Waals surface area contributed by atoms with E-state index in [0.717, 1.165) is 5.56 Å². The Hall–Kier alpha value is -1.39. The Morgan fingerprint density at radius 3 is 2.83 bits per heavy atom. The SMILES string of the molecule is CC(C)C(N)c1noc(Cc2cccc(Cl)c2)n1. The third-order valence-electron chi connectivity index (χ3n) is 2.74. The van der Waals surface area contributed by atoms with Crippen LogP contribution in [-0.2, 0) is 6.42 Å². The predicted octanol–water partition coefficient (Wildman–Crippen LogP) is 2.97. The van der Waals surface area contributed by atoms with Crippen molar-refractivity contribution in [3.8, 4) is 0 Å². The average molecular weight is 266 g/mol. The molecule has 1 atom stereocenters. The van der Waals surface area contributed by atoms with Gasteiger partial charge in [-0.3, -0.25) is 0 Å². The van der Waals surface area contributed by atoms with Gasteiger partial charge in [-0.2, -0.15) is 4.98 Å². The summed E-state index contributed by atoms with van der Waals surface area (Å²) in [4.78, 5) is 4.31. The molecule has 5 heteroatoms. The van der Waals surface area contributed by atoms with Gasteiger partial charge in [0.2, 0.25) is 5.89 Å². The summed E-state index contributed by atoms with van der Waals surface area (Å²) in [5.41, 5.74) is 7.00. The van der Waals surface area contributed by atoms with Crippen LogP contribution in [0, 0.1) is 5.92 Å². The second kappa shape index (κ2) is 5.50. The summed E-state index contributed by atoms with van der Waals surface area (Å²) >= 11 is 5.92. The van der Waals surface area contributed by atoms with Gasteiger partial charge in [0.15, 0.2) is 5.82 Å². The fraction of sp³-hybridized carbons (Fsp3) is 0.385. The Labute approximate surface area is 111 Å². The Bertz CT molecular complexity index is 524. The van der Waals surface area contributed by atoms with Crippen LogP contribution in [0.5, 0.6) is 0 Å². The van der Waals surface area contributed by atoms with Crippen molar-refractivity contribution in [2.75, 3.05) is 0 Å². The summed E-state index contributed by atoms with van der Waals surface area (Å²) in [6.07, 6.45) is 0.568.